The summed E-state index contributed by atoms with van der Waals surface area (Å²) in [4.78, 5) is 22.3. The maximum absolute atomic E-state index is 14.0. The second-order valence-corrected chi connectivity index (χ2v) is 8.10. The molecule has 1 saturated carbocycles. The van der Waals surface area contributed by atoms with Gasteiger partial charge in [-0.25, -0.2) is 9.37 Å². The number of alkyl halides is 1. The highest BCUT2D eigenvalue weighted by atomic mass is 32.1. The predicted octanol–water partition coefficient (Wildman–Crippen LogP) is 2.69. The summed E-state index contributed by atoms with van der Waals surface area (Å²) in [6, 6.07) is 4.54. The van der Waals surface area contributed by atoms with Gasteiger partial charge in [0, 0.05) is 56.0 Å². The van der Waals surface area contributed by atoms with Gasteiger partial charge in [-0.2, -0.15) is 0 Å². The van der Waals surface area contributed by atoms with E-state index in [4.69, 9.17) is 0 Å². The Hall–Kier alpha value is -1.73. The van der Waals surface area contributed by atoms with Crippen LogP contribution in [-0.2, 0) is 6.54 Å². The van der Waals surface area contributed by atoms with Gasteiger partial charge in [0.2, 0.25) is 0 Å². The highest BCUT2D eigenvalue weighted by Crippen LogP contribution is 2.33. The van der Waals surface area contributed by atoms with Gasteiger partial charge < -0.3 is 9.47 Å². The van der Waals surface area contributed by atoms with Gasteiger partial charge in [-0.05, 0) is 30.7 Å². The molecule has 2 aliphatic rings. The van der Waals surface area contributed by atoms with Crippen LogP contribution >= 0.6 is 11.3 Å². The largest absolute Gasteiger partial charge is 0.354 e. The molecule has 25 heavy (non-hydrogen) atoms. The molecule has 5 nitrogen and oxygen atoms in total. The summed E-state index contributed by atoms with van der Waals surface area (Å²) >= 11 is 1.70. The van der Waals surface area contributed by atoms with Gasteiger partial charge in [0.05, 0.1) is 0 Å². The lowest BCUT2D eigenvalue weighted by molar-refractivity contribution is 0.239. The number of halogens is 1. The lowest BCUT2D eigenvalue weighted by atomic mass is 10.2. The van der Waals surface area contributed by atoms with Gasteiger partial charge in [-0.1, -0.05) is 6.07 Å². The van der Waals surface area contributed by atoms with Crippen LogP contribution in [0.5, 0.6) is 0 Å². The van der Waals surface area contributed by atoms with Gasteiger partial charge in [0.15, 0.2) is 5.82 Å². The summed E-state index contributed by atoms with van der Waals surface area (Å²) in [6.07, 6.45) is 5.31. The van der Waals surface area contributed by atoms with Crippen molar-refractivity contribution in [3.05, 3.63) is 45.1 Å². The molecule has 0 amide bonds. The first-order chi connectivity index (χ1) is 12.1. The molecule has 1 aliphatic heterocycles. The van der Waals surface area contributed by atoms with Crippen LogP contribution in [0.3, 0.4) is 0 Å². The molecule has 0 aromatic carbocycles. The van der Waals surface area contributed by atoms with Gasteiger partial charge in [-0.3, -0.25) is 9.69 Å². The van der Waals surface area contributed by atoms with E-state index in [1.807, 2.05) is 23.4 Å². The summed E-state index contributed by atoms with van der Waals surface area (Å²) in [5, 5.41) is 2.05. The van der Waals surface area contributed by atoms with Crippen LogP contribution in [0.15, 0.2) is 34.7 Å². The molecule has 0 bridgehead atoms. The number of hydrogen-bond donors (Lipinski definition) is 0. The highest BCUT2D eigenvalue weighted by molar-refractivity contribution is 7.09. The van der Waals surface area contributed by atoms with Gasteiger partial charge in [-0.15, -0.1) is 11.3 Å². The molecule has 1 saturated heterocycles. The molecule has 2 atom stereocenters. The SMILES string of the molecule is CN(C[C@@H]1C[C@H](F)CN1Cc1cccs1)c1nccn(C2CC2)c1=O. The number of hydrogen-bond acceptors (Lipinski definition) is 5. The van der Waals surface area contributed by atoms with E-state index in [0.717, 1.165) is 19.4 Å². The number of nitrogens with zero attached hydrogens (tertiary/aromatic N) is 4. The van der Waals surface area contributed by atoms with E-state index >= 15 is 0 Å². The lowest BCUT2D eigenvalue weighted by Crippen LogP contribution is -2.41. The minimum Gasteiger partial charge on any atom is -0.354 e. The zero-order valence-corrected chi connectivity index (χ0v) is 15.2. The molecule has 2 fully saturated rings. The number of anilines is 1. The Morgan fingerprint density at radius 3 is 3.00 bits per heavy atom. The van der Waals surface area contributed by atoms with Crippen LogP contribution < -0.4 is 10.5 Å². The van der Waals surface area contributed by atoms with Gasteiger partial charge >= 0.3 is 0 Å². The zero-order valence-electron chi connectivity index (χ0n) is 14.3. The Balaban J connectivity index is 1.48. The Morgan fingerprint density at radius 1 is 1.44 bits per heavy atom. The number of likely N-dealkylation sites (N-methyl/N-ethyl adjacent to an activating group) is 1. The third-order valence-corrected chi connectivity index (χ3v) is 5.91. The number of thiophene rings is 1. The summed E-state index contributed by atoms with van der Waals surface area (Å²) in [5.41, 5.74) is -0.0351. The fraction of sp³-hybridized carbons (Fsp3) is 0.556. The summed E-state index contributed by atoms with van der Waals surface area (Å²) in [5.74, 6) is 0.466. The molecule has 0 N–H and O–H groups in total. The Labute approximate surface area is 150 Å². The van der Waals surface area contributed by atoms with Crippen molar-refractivity contribution in [1.29, 1.82) is 0 Å². The fourth-order valence-corrected chi connectivity index (χ4v) is 4.36. The molecule has 2 aromatic rings. The molecule has 0 unspecified atom stereocenters. The lowest BCUT2D eigenvalue weighted by Gasteiger charge is -2.28. The standard InChI is InChI=1S/C18H23FN4OS/c1-21(17-18(24)23(7-6-20-17)14-4-5-14)11-15-9-13(19)10-22(15)12-16-3-2-8-25-16/h2-3,6-8,13-15H,4-5,9-12H2,1H3/t13-,15-/m0/s1. The first-order valence-corrected chi connectivity index (χ1v) is 9.68. The first kappa shape index (κ1) is 16.7. The van der Waals surface area contributed by atoms with Crippen LogP contribution in [0.1, 0.15) is 30.2 Å². The van der Waals surface area contributed by atoms with Gasteiger partial charge in [0.1, 0.15) is 6.17 Å². The normalized spacial score (nSPS) is 23.9. The molecular weight excluding hydrogens is 339 g/mol. The van der Waals surface area contributed by atoms with Crippen LogP contribution in [0, 0.1) is 0 Å². The molecular formula is C18H23FN4OS. The molecule has 7 heteroatoms. The third-order valence-electron chi connectivity index (χ3n) is 5.05. The average molecular weight is 362 g/mol. The van der Waals surface area contributed by atoms with Crippen molar-refractivity contribution in [2.24, 2.45) is 0 Å². The van der Waals surface area contributed by atoms with Crippen LogP contribution in [0.4, 0.5) is 10.2 Å². The molecule has 134 valence electrons. The van der Waals surface area contributed by atoms with Crippen molar-refractivity contribution in [2.45, 2.75) is 44.1 Å². The Morgan fingerprint density at radius 2 is 2.28 bits per heavy atom. The van der Waals surface area contributed by atoms with E-state index in [2.05, 4.69) is 16.0 Å². The smallest absolute Gasteiger partial charge is 0.293 e. The predicted molar refractivity (Wildman–Crippen MR) is 98.1 cm³/mol. The van der Waals surface area contributed by atoms with Crippen LogP contribution in [0.25, 0.3) is 0 Å². The van der Waals surface area contributed by atoms with E-state index in [9.17, 15) is 9.18 Å². The highest BCUT2D eigenvalue weighted by Gasteiger charge is 2.34. The molecule has 0 radical (unpaired) electrons. The minimum atomic E-state index is -0.801. The average Bonchev–Trinajstić information content (AvgIpc) is 3.19. The second-order valence-electron chi connectivity index (χ2n) is 7.07. The zero-order chi connectivity index (χ0) is 17.4. The van der Waals surface area contributed by atoms with E-state index in [0.29, 0.717) is 31.4 Å². The molecule has 3 heterocycles. The Bertz CT molecular complexity index is 774. The third kappa shape index (κ3) is 3.62. The number of likely N-dealkylation sites (tertiary alicyclic amines) is 1. The van der Waals surface area contributed by atoms with Crippen molar-refractivity contribution >= 4 is 17.2 Å². The van der Waals surface area contributed by atoms with Crippen LogP contribution in [-0.4, -0.2) is 46.8 Å². The maximum Gasteiger partial charge on any atom is 0.293 e. The van der Waals surface area contributed by atoms with Crippen molar-refractivity contribution < 1.29 is 4.39 Å². The van der Waals surface area contributed by atoms with Crippen LogP contribution in [0.2, 0.25) is 0 Å². The van der Waals surface area contributed by atoms with Crippen molar-refractivity contribution in [3.63, 3.8) is 0 Å². The van der Waals surface area contributed by atoms with E-state index in [1.165, 1.54) is 4.88 Å². The van der Waals surface area contributed by atoms with E-state index in [-0.39, 0.29) is 11.6 Å². The number of rotatable bonds is 6. The number of aromatic nitrogens is 2. The molecule has 4 rings (SSSR count). The van der Waals surface area contributed by atoms with Crippen molar-refractivity contribution in [2.75, 3.05) is 25.0 Å². The van der Waals surface area contributed by atoms with Crippen molar-refractivity contribution in [1.82, 2.24) is 14.5 Å². The fourth-order valence-electron chi connectivity index (χ4n) is 3.63. The second kappa shape index (κ2) is 6.88. The topological polar surface area (TPSA) is 41.4 Å². The quantitative estimate of drug-likeness (QED) is 0.792. The first-order valence-electron chi connectivity index (χ1n) is 8.80. The molecule has 1 aliphatic carbocycles. The summed E-state index contributed by atoms with van der Waals surface area (Å²) in [7, 11) is 1.88. The summed E-state index contributed by atoms with van der Waals surface area (Å²) in [6.45, 7) is 1.85. The molecule has 2 aromatic heterocycles. The van der Waals surface area contributed by atoms with E-state index in [1.54, 1.807) is 28.3 Å². The summed E-state index contributed by atoms with van der Waals surface area (Å²) < 4.78 is 15.8. The van der Waals surface area contributed by atoms with Crippen molar-refractivity contribution in [3.8, 4) is 0 Å². The monoisotopic (exact) mass is 362 g/mol. The maximum atomic E-state index is 14.0. The Kier molecular flexibility index (Phi) is 4.60. The molecule has 0 spiro atoms. The van der Waals surface area contributed by atoms with Gasteiger partial charge in [0.25, 0.3) is 5.56 Å². The minimum absolute atomic E-state index is 0.0351. The van der Waals surface area contributed by atoms with E-state index < -0.39 is 6.17 Å².